The number of nitro benzene ring substituents is 2. The lowest BCUT2D eigenvalue weighted by Crippen LogP contribution is -2.00. The monoisotopic (exact) mass is 293 g/mol. The van der Waals surface area contributed by atoms with Crippen molar-refractivity contribution in [3.8, 4) is 5.69 Å². The number of benzene rings is 1. The van der Waals surface area contributed by atoms with Crippen LogP contribution in [-0.4, -0.2) is 35.9 Å². The van der Waals surface area contributed by atoms with E-state index in [4.69, 9.17) is 5.11 Å². The Morgan fingerprint density at radius 2 is 1.76 bits per heavy atom. The largest absolute Gasteiger partial charge is 0.481 e. The zero-order valence-corrected chi connectivity index (χ0v) is 10.2. The van der Waals surface area contributed by atoms with Gasteiger partial charge in [-0.05, 0) is 0 Å². The molecule has 0 amide bonds. The Bertz CT molecular complexity index is 707. The number of rotatable bonds is 5. The van der Waals surface area contributed by atoms with Crippen LogP contribution in [0.5, 0.6) is 0 Å². The van der Waals surface area contributed by atoms with E-state index in [0.717, 1.165) is 22.9 Å². The van der Waals surface area contributed by atoms with Crippen LogP contribution >= 0.6 is 0 Å². The average molecular weight is 293 g/mol. The van der Waals surface area contributed by atoms with Crippen molar-refractivity contribution in [3.05, 3.63) is 50.3 Å². The molecule has 2 rings (SSSR count). The van der Waals surface area contributed by atoms with Crippen LogP contribution in [0.15, 0.2) is 24.4 Å². The van der Waals surface area contributed by atoms with Gasteiger partial charge in [-0.25, -0.2) is 4.68 Å². The number of aromatic nitrogens is 3. The van der Waals surface area contributed by atoms with Gasteiger partial charge in [-0.15, -0.1) is 5.10 Å². The fraction of sp³-hybridized carbons (Fsp3) is 0.100. The Morgan fingerprint density at radius 1 is 1.19 bits per heavy atom. The van der Waals surface area contributed by atoms with E-state index >= 15 is 0 Å². The van der Waals surface area contributed by atoms with Crippen LogP contribution in [-0.2, 0) is 11.2 Å². The van der Waals surface area contributed by atoms with Crippen LogP contribution in [0.4, 0.5) is 11.4 Å². The van der Waals surface area contributed by atoms with Crippen LogP contribution in [0.25, 0.3) is 5.69 Å². The Hall–Kier alpha value is -3.37. The molecule has 0 unspecified atom stereocenters. The van der Waals surface area contributed by atoms with E-state index in [1.807, 2.05) is 0 Å². The molecule has 0 spiro atoms. The van der Waals surface area contributed by atoms with Crippen LogP contribution in [0.1, 0.15) is 5.69 Å². The van der Waals surface area contributed by atoms with Gasteiger partial charge in [0.15, 0.2) is 0 Å². The number of carbonyl (C=O) groups is 1. The van der Waals surface area contributed by atoms with Crippen molar-refractivity contribution < 1.29 is 19.7 Å². The van der Waals surface area contributed by atoms with Gasteiger partial charge in [0.25, 0.3) is 11.4 Å². The summed E-state index contributed by atoms with van der Waals surface area (Å²) in [6.07, 6.45) is 0.855. The highest BCUT2D eigenvalue weighted by atomic mass is 16.6. The first-order valence-electron chi connectivity index (χ1n) is 5.44. The topological polar surface area (TPSA) is 154 Å². The normalized spacial score (nSPS) is 10.3. The highest BCUT2D eigenvalue weighted by Gasteiger charge is 2.18. The molecule has 1 heterocycles. The molecular formula is C10H7N5O6. The minimum atomic E-state index is -1.12. The van der Waals surface area contributed by atoms with Gasteiger partial charge in [-0.3, -0.25) is 25.0 Å². The van der Waals surface area contributed by atoms with Crippen molar-refractivity contribution >= 4 is 17.3 Å². The first-order valence-corrected chi connectivity index (χ1v) is 5.44. The second-order valence-electron chi connectivity index (χ2n) is 3.95. The molecule has 0 aliphatic heterocycles. The van der Waals surface area contributed by atoms with Gasteiger partial charge in [0.1, 0.15) is 0 Å². The van der Waals surface area contributed by atoms with Crippen molar-refractivity contribution in [2.45, 2.75) is 6.42 Å². The molecule has 0 bridgehead atoms. The molecule has 1 N–H and O–H groups in total. The second-order valence-corrected chi connectivity index (χ2v) is 3.95. The molecule has 108 valence electrons. The fourth-order valence-electron chi connectivity index (χ4n) is 1.58. The van der Waals surface area contributed by atoms with Crippen LogP contribution in [0.3, 0.4) is 0 Å². The molecule has 0 saturated carbocycles. The highest BCUT2D eigenvalue weighted by molar-refractivity contribution is 5.69. The molecule has 11 heteroatoms. The molecule has 1 aromatic carbocycles. The molecule has 0 atom stereocenters. The zero-order valence-electron chi connectivity index (χ0n) is 10.2. The third kappa shape index (κ3) is 3.15. The quantitative estimate of drug-likeness (QED) is 0.624. The van der Waals surface area contributed by atoms with E-state index in [0.29, 0.717) is 0 Å². The number of carboxylic acids is 1. The SMILES string of the molecule is O=C(O)Cc1cn(-c2cc([N+](=O)[O-])cc([N+](=O)[O-])c2)nn1. The third-order valence-electron chi connectivity index (χ3n) is 2.45. The lowest BCUT2D eigenvalue weighted by atomic mass is 10.2. The molecule has 21 heavy (non-hydrogen) atoms. The maximum absolute atomic E-state index is 10.8. The van der Waals surface area contributed by atoms with Gasteiger partial charge in [0.2, 0.25) is 0 Å². The Kier molecular flexibility index (Phi) is 3.56. The number of aliphatic carboxylic acids is 1. The summed E-state index contributed by atoms with van der Waals surface area (Å²) in [4.78, 5) is 30.5. The van der Waals surface area contributed by atoms with E-state index in [2.05, 4.69) is 10.3 Å². The number of hydrogen-bond acceptors (Lipinski definition) is 7. The number of non-ortho nitro benzene ring substituents is 2. The van der Waals surface area contributed by atoms with Gasteiger partial charge in [-0.2, -0.15) is 0 Å². The lowest BCUT2D eigenvalue weighted by Gasteiger charge is -2.00. The first kappa shape index (κ1) is 14.0. The summed E-state index contributed by atoms with van der Waals surface area (Å²) in [7, 11) is 0. The van der Waals surface area contributed by atoms with Gasteiger partial charge < -0.3 is 5.11 Å². The van der Waals surface area contributed by atoms with Gasteiger partial charge in [0.05, 0.1) is 39.9 Å². The van der Waals surface area contributed by atoms with E-state index in [-0.39, 0.29) is 17.8 Å². The summed E-state index contributed by atoms with van der Waals surface area (Å²) in [6.45, 7) is 0. The van der Waals surface area contributed by atoms with Crippen molar-refractivity contribution in [3.63, 3.8) is 0 Å². The predicted octanol–water partition coefficient (Wildman–Crippen LogP) is 0.711. The standard InChI is InChI=1S/C10H7N5O6/c16-10(17)1-6-5-13(12-11-6)7-2-8(14(18)19)4-9(3-7)15(20)21/h2-5H,1H2,(H,16,17). The summed E-state index contributed by atoms with van der Waals surface area (Å²) in [6, 6.07) is 2.97. The maximum atomic E-state index is 10.8. The minimum absolute atomic E-state index is 0.0417. The molecule has 0 aliphatic carbocycles. The number of carboxylic acid groups (broad SMARTS) is 1. The summed E-state index contributed by atoms with van der Waals surface area (Å²) < 4.78 is 1.04. The zero-order chi connectivity index (χ0) is 15.6. The van der Waals surface area contributed by atoms with E-state index in [1.165, 1.54) is 6.20 Å². The third-order valence-corrected chi connectivity index (χ3v) is 2.45. The molecule has 2 aromatic rings. The molecule has 0 aliphatic rings. The predicted molar refractivity (Wildman–Crippen MR) is 66.0 cm³/mol. The van der Waals surface area contributed by atoms with Gasteiger partial charge in [0, 0.05) is 12.1 Å². The smallest absolute Gasteiger partial charge is 0.309 e. The number of nitro groups is 2. The molecule has 1 aromatic heterocycles. The summed E-state index contributed by atoms with van der Waals surface area (Å²) in [5.74, 6) is -1.12. The van der Waals surface area contributed by atoms with Crippen molar-refractivity contribution in [1.29, 1.82) is 0 Å². The Morgan fingerprint density at radius 3 is 2.24 bits per heavy atom. The summed E-state index contributed by atoms with van der Waals surface area (Å²) in [5, 5.41) is 37.3. The van der Waals surface area contributed by atoms with Gasteiger partial charge >= 0.3 is 5.97 Å². The molecule has 0 radical (unpaired) electrons. The average Bonchev–Trinajstić information content (AvgIpc) is 2.85. The lowest BCUT2D eigenvalue weighted by molar-refractivity contribution is -0.394. The van der Waals surface area contributed by atoms with Crippen LogP contribution in [0.2, 0.25) is 0 Å². The first-order chi connectivity index (χ1) is 9.86. The molecule has 11 nitrogen and oxygen atoms in total. The van der Waals surface area contributed by atoms with Gasteiger partial charge in [-0.1, -0.05) is 5.21 Å². The summed E-state index contributed by atoms with van der Waals surface area (Å²) in [5.41, 5.74) is -0.791. The van der Waals surface area contributed by atoms with Crippen molar-refractivity contribution in [2.75, 3.05) is 0 Å². The fourth-order valence-corrected chi connectivity index (χ4v) is 1.58. The van der Waals surface area contributed by atoms with Crippen LogP contribution in [0, 0.1) is 20.2 Å². The molecule has 0 fully saturated rings. The van der Waals surface area contributed by atoms with E-state index in [1.54, 1.807) is 0 Å². The minimum Gasteiger partial charge on any atom is -0.481 e. The van der Waals surface area contributed by atoms with E-state index in [9.17, 15) is 25.0 Å². The molecule has 0 saturated heterocycles. The highest BCUT2D eigenvalue weighted by Crippen LogP contribution is 2.24. The second kappa shape index (κ2) is 5.32. The van der Waals surface area contributed by atoms with Crippen LogP contribution < -0.4 is 0 Å². The maximum Gasteiger partial charge on any atom is 0.309 e. The van der Waals surface area contributed by atoms with E-state index < -0.39 is 27.2 Å². The number of nitrogens with zero attached hydrogens (tertiary/aromatic N) is 5. The number of hydrogen-bond donors (Lipinski definition) is 1. The Labute approximate surface area is 115 Å². The Balaban J connectivity index is 2.47. The van der Waals surface area contributed by atoms with Crippen molar-refractivity contribution in [2.24, 2.45) is 0 Å². The van der Waals surface area contributed by atoms with Crippen molar-refractivity contribution in [1.82, 2.24) is 15.0 Å². The molecular weight excluding hydrogens is 286 g/mol. The summed E-state index contributed by atoms with van der Waals surface area (Å²) >= 11 is 0.